The van der Waals surface area contributed by atoms with Gasteiger partial charge in [0.2, 0.25) is 5.91 Å². The Balaban J connectivity index is 1.65. The summed E-state index contributed by atoms with van der Waals surface area (Å²) in [7, 11) is 0. The van der Waals surface area contributed by atoms with E-state index in [2.05, 4.69) is 10.9 Å². The molecule has 3 N–H and O–H groups in total. The van der Waals surface area contributed by atoms with Crippen LogP contribution in [0.2, 0.25) is 0 Å². The van der Waals surface area contributed by atoms with Crippen LogP contribution in [0.25, 0.3) is 10.8 Å². The largest absolute Gasteiger partial charge is 0.508 e. The van der Waals surface area contributed by atoms with Crippen LogP contribution in [0.4, 0.5) is 0 Å². The van der Waals surface area contributed by atoms with E-state index in [-0.39, 0.29) is 24.0 Å². The van der Waals surface area contributed by atoms with Crippen molar-refractivity contribution in [3.63, 3.8) is 0 Å². The molecule has 0 aliphatic heterocycles. The van der Waals surface area contributed by atoms with Crippen molar-refractivity contribution in [3.8, 4) is 5.75 Å². The van der Waals surface area contributed by atoms with E-state index in [9.17, 15) is 14.7 Å². The smallest absolute Gasteiger partial charge is 0.270 e. The predicted molar refractivity (Wildman–Crippen MR) is 91.4 cm³/mol. The molecule has 5 nitrogen and oxygen atoms in total. The van der Waals surface area contributed by atoms with Crippen LogP contribution < -0.4 is 10.9 Å². The van der Waals surface area contributed by atoms with Crippen molar-refractivity contribution in [2.24, 2.45) is 0 Å². The molecule has 0 fully saturated rings. The molecule has 0 aliphatic rings. The van der Waals surface area contributed by atoms with Gasteiger partial charge < -0.3 is 5.11 Å². The lowest BCUT2D eigenvalue weighted by Crippen LogP contribution is -2.42. The average molecular weight is 320 g/mol. The van der Waals surface area contributed by atoms with E-state index in [4.69, 9.17) is 0 Å². The van der Waals surface area contributed by atoms with Gasteiger partial charge in [-0.05, 0) is 34.5 Å². The van der Waals surface area contributed by atoms with Crippen molar-refractivity contribution in [3.05, 3.63) is 77.9 Å². The van der Waals surface area contributed by atoms with Crippen LogP contribution in [0.5, 0.6) is 5.75 Å². The summed E-state index contributed by atoms with van der Waals surface area (Å²) in [6.45, 7) is 0. The molecule has 120 valence electrons. The average Bonchev–Trinajstić information content (AvgIpc) is 2.59. The molecule has 24 heavy (non-hydrogen) atoms. The zero-order valence-electron chi connectivity index (χ0n) is 12.8. The predicted octanol–water partition coefficient (Wildman–Crippen LogP) is 2.55. The van der Waals surface area contributed by atoms with Gasteiger partial charge in [0.1, 0.15) is 5.75 Å². The highest BCUT2D eigenvalue weighted by Crippen LogP contribution is 2.18. The molecule has 3 aromatic rings. The van der Waals surface area contributed by atoms with Crippen LogP contribution in [0.3, 0.4) is 0 Å². The molecule has 0 saturated carbocycles. The standard InChI is InChI=1S/C19H16N2O3/c22-15-8-3-5-13(11-15)12-18(23)20-21-19(24)17-10-4-7-14-6-1-2-9-16(14)17/h1-11,22H,12H2,(H,20,23)(H,21,24). The SMILES string of the molecule is O=C(Cc1cccc(O)c1)NNC(=O)c1cccc2ccccc12. The fourth-order valence-electron chi connectivity index (χ4n) is 2.51. The van der Waals surface area contributed by atoms with Gasteiger partial charge in [0, 0.05) is 5.56 Å². The number of benzene rings is 3. The summed E-state index contributed by atoms with van der Waals surface area (Å²) in [5.41, 5.74) is 5.97. The fraction of sp³-hybridized carbons (Fsp3) is 0.0526. The second kappa shape index (κ2) is 6.83. The van der Waals surface area contributed by atoms with Crippen molar-refractivity contribution in [2.45, 2.75) is 6.42 Å². The maximum atomic E-state index is 12.3. The van der Waals surface area contributed by atoms with E-state index in [1.54, 1.807) is 24.3 Å². The van der Waals surface area contributed by atoms with Gasteiger partial charge in [-0.25, -0.2) is 0 Å². The van der Waals surface area contributed by atoms with Crippen LogP contribution in [0, 0.1) is 0 Å². The molecule has 0 aliphatic carbocycles. The number of aromatic hydroxyl groups is 1. The topological polar surface area (TPSA) is 78.4 Å². The monoisotopic (exact) mass is 320 g/mol. The number of hydrogen-bond donors (Lipinski definition) is 3. The number of carbonyl (C=O) groups is 2. The molecule has 0 atom stereocenters. The Morgan fingerprint density at radius 2 is 1.62 bits per heavy atom. The van der Waals surface area contributed by atoms with Gasteiger partial charge in [0.25, 0.3) is 5.91 Å². The highest BCUT2D eigenvalue weighted by Gasteiger charge is 2.11. The van der Waals surface area contributed by atoms with Crippen molar-refractivity contribution < 1.29 is 14.7 Å². The quantitative estimate of drug-likeness (QED) is 0.649. The summed E-state index contributed by atoms with van der Waals surface area (Å²) in [6, 6.07) is 19.4. The van der Waals surface area contributed by atoms with Crippen molar-refractivity contribution in [1.29, 1.82) is 0 Å². The number of fused-ring (bicyclic) bond motifs is 1. The summed E-state index contributed by atoms with van der Waals surface area (Å²) in [5, 5.41) is 11.2. The second-order valence-corrected chi connectivity index (χ2v) is 5.38. The number of carbonyl (C=O) groups excluding carboxylic acids is 2. The molecule has 0 bridgehead atoms. The molecule has 0 spiro atoms. The van der Waals surface area contributed by atoms with Crippen LogP contribution in [-0.2, 0) is 11.2 Å². The van der Waals surface area contributed by atoms with Crippen molar-refractivity contribution >= 4 is 22.6 Å². The van der Waals surface area contributed by atoms with E-state index < -0.39 is 0 Å². The Bertz CT molecular complexity index is 901. The molecule has 0 radical (unpaired) electrons. The summed E-state index contributed by atoms with van der Waals surface area (Å²) in [6.07, 6.45) is 0.0597. The number of nitrogens with one attached hydrogen (secondary N) is 2. The normalized spacial score (nSPS) is 10.3. The maximum absolute atomic E-state index is 12.3. The lowest BCUT2D eigenvalue weighted by molar-refractivity contribution is -0.121. The molecule has 3 aromatic carbocycles. The summed E-state index contributed by atoms with van der Waals surface area (Å²) >= 11 is 0. The van der Waals surface area contributed by atoms with Crippen LogP contribution >= 0.6 is 0 Å². The summed E-state index contributed by atoms with van der Waals surface area (Å²) in [5.74, 6) is -0.648. The molecule has 3 rings (SSSR count). The van der Waals surface area contributed by atoms with Gasteiger partial charge in [-0.1, -0.05) is 48.5 Å². The van der Waals surface area contributed by atoms with Crippen molar-refractivity contribution in [2.75, 3.05) is 0 Å². The van der Waals surface area contributed by atoms with Gasteiger partial charge in [-0.2, -0.15) is 0 Å². The third-order valence-corrected chi connectivity index (χ3v) is 3.62. The Morgan fingerprint density at radius 1 is 0.875 bits per heavy atom. The van der Waals surface area contributed by atoms with E-state index in [1.165, 1.54) is 12.1 Å². The molecule has 0 heterocycles. The molecular weight excluding hydrogens is 304 g/mol. The highest BCUT2D eigenvalue weighted by atomic mass is 16.3. The molecule has 0 aromatic heterocycles. The first-order valence-electron chi connectivity index (χ1n) is 7.48. The number of rotatable bonds is 3. The Kier molecular flexibility index (Phi) is 4.43. The Labute approximate surface area is 138 Å². The minimum atomic E-state index is -0.379. The first kappa shape index (κ1) is 15.6. The zero-order chi connectivity index (χ0) is 16.9. The number of phenolic OH excluding ortho intramolecular Hbond substituents is 1. The molecule has 0 saturated heterocycles. The summed E-state index contributed by atoms with van der Waals surface area (Å²) in [4.78, 5) is 24.2. The highest BCUT2D eigenvalue weighted by molar-refractivity contribution is 6.07. The first-order chi connectivity index (χ1) is 11.6. The fourth-order valence-corrected chi connectivity index (χ4v) is 2.51. The second-order valence-electron chi connectivity index (χ2n) is 5.38. The minimum Gasteiger partial charge on any atom is -0.508 e. The van der Waals surface area contributed by atoms with Crippen LogP contribution in [0.1, 0.15) is 15.9 Å². The number of hydrogen-bond acceptors (Lipinski definition) is 3. The number of amides is 2. The van der Waals surface area contributed by atoms with Crippen LogP contribution in [-0.4, -0.2) is 16.9 Å². The summed E-state index contributed by atoms with van der Waals surface area (Å²) < 4.78 is 0. The third kappa shape index (κ3) is 3.52. The van der Waals surface area contributed by atoms with E-state index in [1.807, 2.05) is 30.3 Å². The minimum absolute atomic E-state index is 0.0597. The first-order valence-corrected chi connectivity index (χ1v) is 7.48. The van der Waals surface area contributed by atoms with Gasteiger partial charge >= 0.3 is 0 Å². The number of phenols is 1. The Hall–Kier alpha value is -3.34. The number of hydrazine groups is 1. The maximum Gasteiger partial charge on any atom is 0.270 e. The zero-order valence-corrected chi connectivity index (χ0v) is 12.8. The van der Waals surface area contributed by atoms with Gasteiger partial charge in [-0.3, -0.25) is 20.4 Å². The lowest BCUT2D eigenvalue weighted by atomic mass is 10.0. The van der Waals surface area contributed by atoms with E-state index in [0.717, 1.165) is 10.8 Å². The lowest BCUT2D eigenvalue weighted by Gasteiger charge is -2.09. The van der Waals surface area contributed by atoms with Gasteiger partial charge in [0.05, 0.1) is 6.42 Å². The van der Waals surface area contributed by atoms with Crippen molar-refractivity contribution in [1.82, 2.24) is 10.9 Å². The van der Waals surface area contributed by atoms with E-state index in [0.29, 0.717) is 11.1 Å². The van der Waals surface area contributed by atoms with E-state index >= 15 is 0 Å². The third-order valence-electron chi connectivity index (χ3n) is 3.62. The van der Waals surface area contributed by atoms with Gasteiger partial charge in [-0.15, -0.1) is 0 Å². The Morgan fingerprint density at radius 3 is 2.46 bits per heavy atom. The molecule has 0 unspecified atom stereocenters. The molecule has 5 heteroatoms. The molecule has 2 amide bonds. The van der Waals surface area contributed by atoms with Gasteiger partial charge in [0.15, 0.2) is 0 Å². The molecular formula is C19H16N2O3. The van der Waals surface area contributed by atoms with Crippen LogP contribution in [0.15, 0.2) is 66.7 Å².